The Hall–Kier alpha value is -0.260. The first-order valence-corrected chi connectivity index (χ1v) is 5.97. The van der Waals surface area contributed by atoms with Gasteiger partial charge in [-0.2, -0.15) is 11.8 Å². The molecule has 0 aromatic rings. The van der Waals surface area contributed by atoms with Gasteiger partial charge in [-0.1, -0.05) is 0 Å². The Labute approximate surface area is 87.9 Å². The molecule has 1 rings (SSSR count). The first-order valence-electron chi connectivity index (χ1n) is 4.82. The number of thioether (sulfide) groups is 1. The van der Waals surface area contributed by atoms with Gasteiger partial charge in [-0.25, -0.2) is 0 Å². The summed E-state index contributed by atoms with van der Waals surface area (Å²) in [4.78, 5) is 10.4. The van der Waals surface area contributed by atoms with Gasteiger partial charge in [0.15, 0.2) is 0 Å². The number of carboxylic acid groups (broad SMARTS) is 1. The van der Waals surface area contributed by atoms with Crippen molar-refractivity contribution in [1.82, 2.24) is 0 Å². The molecule has 5 heteroatoms. The van der Waals surface area contributed by atoms with Gasteiger partial charge in [0, 0.05) is 0 Å². The summed E-state index contributed by atoms with van der Waals surface area (Å²) >= 11 is 1.66. The average Bonchev–Trinajstić information content (AvgIpc) is 2.83. The molecule has 0 spiro atoms. The van der Waals surface area contributed by atoms with Gasteiger partial charge in [0.05, 0.1) is 5.60 Å². The van der Waals surface area contributed by atoms with Crippen LogP contribution >= 0.6 is 11.8 Å². The number of aliphatic hydroxyl groups is 1. The van der Waals surface area contributed by atoms with Crippen molar-refractivity contribution in [3.63, 3.8) is 0 Å². The van der Waals surface area contributed by atoms with Gasteiger partial charge in [-0.3, -0.25) is 4.79 Å². The van der Waals surface area contributed by atoms with Crippen molar-refractivity contribution in [1.29, 1.82) is 0 Å². The molecule has 1 aliphatic rings. The summed E-state index contributed by atoms with van der Waals surface area (Å²) in [6.45, 7) is 0. The van der Waals surface area contributed by atoms with E-state index in [2.05, 4.69) is 0 Å². The predicted molar refractivity (Wildman–Crippen MR) is 56.4 cm³/mol. The molecule has 1 aliphatic carbocycles. The van der Waals surface area contributed by atoms with E-state index < -0.39 is 12.0 Å². The van der Waals surface area contributed by atoms with Crippen molar-refractivity contribution in [2.24, 2.45) is 5.73 Å². The third-order valence-corrected chi connectivity index (χ3v) is 3.45. The number of nitrogens with two attached hydrogens (primary N) is 1. The van der Waals surface area contributed by atoms with E-state index in [-0.39, 0.29) is 5.60 Å². The zero-order valence-corrected chi connectivity index (χ0v) is 8.92. The van der Waals surface area contributed by atoms with Crippen LogP contribution in [0, 0.1) is 0 Å². The molecular formula is C9H17NO3S. The second-order valence-corrected chi connectivity index (χ2v) is 5.04. The quantitative estimate of drug-likeness (QED) is 0.541. The maximum atomic E-state index is 10.4. The number of hydrogen-bond acceptors (Lipinski definition) is 4. The molecule has 0 aromatic heterocycles. The van der Waals surface area contributed by atoms with E-state index >= 15 is 0 Å². The van der Waals surface area contributed by atoms with Crippen LogP contribution in [0.15, 0.2) is 0 Å². The molecule has 1 fully saturated rings. The summed E-state index contributed by atoms with van der Waals surface area (Å²) in [5.74, 6) is 0.707. The van der Waals surface area contributed by atoms with Crippen molar-refractivity contribution in [2.75, 3.05) is 11.5 Å². The lowest BCUT2D eigenvalue weighted by Crippen LogP contribution is -2.30. The zero-order valence-electron chi connectivity index (χ0n) is 8.11. The predicted octanol–water partition coefficient (Wildman–Crippen LogP) is 0.437. The summed E-state index contributed by atoms with van der Waals surface area (Å²) in [5.41, 5.74) is 4.95. The van der Waals surface area contributed by atoms with Crippen LogP contribution in [0.1, 0.15) is 25.7 Å². The average molecular weight is 219 g/mol. The van der Waals surface area contributed by atoms with Crippen LogP contribution in [-0.2, 0) is 4.79 Å². The first-order chi connectivity index (χ1) is 6.53. The molecule has 4 N–H and O–H groups in total. The smallest absolute Gasteiger partial charge is 0.320 e. The minimum atomic E-state index is -0.938. The van der Waals surface area contributed by atoms with Crippen LogP contribution in [0.5, 0.6) is 0 Å². The Kier molecular flexibility index (Phi) is 4.22. The lowest BCUT2D eigenvalue weighted by Gasteiger charge is -2.08. The van der Waals surface area contributed by atoms with E-state index in [9.17, 15) is 9.90 Å². The van der Waals surface area contributed by atoms with Gasteiger partial charge in [0.2, 0.25) is 0 Å². The lowest BCUT2D eigenvalue weighted by molar-refractivity contribution is -0.138. The monoisotopic (exact) mass is 219 g/mol. The third kappa shape index (κ3) is 4.30. The molecule has 0 saturated heterocycles. The Morgan fingerprint density at radius 2 is 2.14 bits per heavy atom. The topological polar surface area (TPSA) is 83.5 Å². The zero-order chi connectivity index (χ0) is 10.6. The van der Waals surface area contributed by atoms with Crippen LogP contribution in [-0.4, -0.2) is 39.3 Å². The molecule has 14 heavy (non-hydrogen) atoms. The van der Waals surface area contributed by atoms with E-state index in [0.29, 0.717) is 6.42 Å². The Balaban J connectivity index is 1.91. The van der Waals surface area contributed by atoms with Gasteiger partial charge in [-0.15, -0.1) is 0 Å². The third-order valence-electron chi connectivity index (χ3n) is 2.43. The van der Waals surface area contributed by atoms with E-state index in [1.807, 2.05) is 0 Å². The number of hydrogen-bond donors (Lipinski definition) is 3. The van der Waals surface area contributed by atoms with E-state index in [1.165, 1.54) is 0 Å². The molecule has 82 valence electrons. The Morgan fingerprint density at radius 3 is 2.64 bits per heavy atom. The van der Waals surface area contributed by atoms with Crippen molar-refractivity contribution in [2.45, 2.75) is 37.3 Å². The fourth-order valence-corrected chi connectivity index (χ4v) is 2.24. The Morgan fingerprint density at radius 1 is 1.50 bits per heavy atom. The fraction of sp³-hybridized carbons (Fsp3) is 0.889. The molecule has 4 nitrogen and oxygen atoms in total. The van der Waals surface area contributed by atoms with Gasteiger partial charge in [0.1, 0.15) is 6.04 Å². The van der Waals surface area contributed by atoms with Crippen LogP contribution in [0.2, 0.25) is 0 Å². The number of aliphatic carboxylic acids is 1. The minimum absolute atomic E-state index is 0.387. The number of carbonyl (C=O) groups is 1. The van der Waals surface area contributed by atoms with E-state index in [4.69, 9.17) is 10.8 Å². The second-order valence-electron chi connectivity index (χ2n) is 3.82. The highest BCUT2D eigenvalue weighted by Gasteiger charge is 2.39. The van der Waals surface area contributed by atoms with Crippen molar-refractivity contribution in [3.8, 4) is 0 Å². The molecule has 0 heterocycles. The molecule has 0 aromatic carbocycles. The molecule has 1 unspecified atom stereocenters. The normalized spacial score (nSPS) is 20.4. The molecule has 0 aliphatic heterocycles. The largest absolute Gasteiger partial charge is 0.480 e. The van der Waals surface area contributed by atoms with Crippen LogP contribution in [0.25, 0.3) is 0 Å². The summed E-state index contributed by atoms with van der Waals surface area (Å²) < 4.78 is 0. The second kappa shape index (κ2) is 5.00. The molecule has 0 amide bonds. The van der Waals surface area contributed by atoms with Crippen LogP contribution < -0.4 is 5.73 Å². The van der Waals surface area contributed by atoms with E-state index in [0.717, 1.165) is 30.8 Å². The number of rotatable bonds is 7. The van der Waals surface area contributed by atoms with Crippen molar-refractivity contribution < 1.29 is 15.0 Å². The van der Waals surface area contributed by atoms with Crippen molar-refractivity contribution in [3.05, 3.63) is 0 Å². The molecule has 0 bridgehead atoms. The summed E-state index contributed by atoms with van der Waals surface area (Å²) in [6.07, 6.45) is 3.16. The molecule has 1 saturated carbocycles. The SMILES string of the molecule is NC(CCSCCC1(O)CC1)C(=O)O. The highest BCUT2D eigenvalue weighted by atomic mass is 32.2. The summed E-state index contributed by atoms with van der Waals surface area (Å²) in [5, 5.41) is 18.0. The molecule has 1 atom stereocenters. The van der Waals surface area contributed by atoms with Crippen LogP contribution in [0.3, 0.4) is 0 Å². The summed E-state index contributed by atoms with van der Waals surface area (Å²) in [6, 6.07) is -0.744. The maximum absolute atomic E-state index is 10.4. The van der Waals surface area contributed by atoms with Gasteiger partial charge < -0.3 is 15.9 Å². The lowest BCUT2D eigenvalue weighted by atomic mass is 10.2. The highest BCUT2D eigenvalue weighted by molar-refractivity contribution is 7.99. The van der Waals surface area contributed by atoms with Crippen LogP contribution in [0.4, 0.5) is 0 Å². The van der Waals surface area contributed by atoms with Crippen molar-refractivity contribution >= 4 is 17.7 Å². The maximum Gasteiger partial charge on any atom is 0.320 e. The minimum Gasteiger partial charge on any atom is -0.480 e. The Bertz CT molecular complexity index is 206. The van der Waals surface area contributed by atoms with E-state index in [1.54, 1.807) is 11.8 Å². The standard InChI is InChI=1S/C9H17NO3S/c10-7(8(11)12)1-5-14-6-4-9(13)2-3-9/h7,13H,1-6,10H2,(H,11,12). The molecular weight excluding hydrogens is 202 g/mol. The van der Waals surface area contributed by atoms with Gasteiger partial charge in [-0.05, 0) is 37.2 Å². The van der Waals surface area contributed by atoms with Gasteiger partial charge in [0.25, 0.3) is 0 Å². The molecule has 0 radical (unpaired) electrons. The highest BCUT2D eigenvalue weighted by Crippen LogP contribution is 2.39. The number of carboxylic acids is 1. The first kappa shape index (κ1) is 11.8. The van der Waals surface area contributed by atoms with Gasteiger partial charge >= 0.3 is 5.97 Å². The summed E-state index contributed by atoms with van der Waals surface area (Å²) in [7, 11) is 0. The fourth-order valence-electron chi connectivity index (χ4n) is 1.09.